The lowest BCUT2D eigenvalue weighted by molar-refractivity contribution is 0.101. The van der Waals surface area contributed by atoms with Crippen LogP contribution in [0.2, 0.25) is 0 Å². The highest BCUT2D eigenvalue weighted by Crippen LogP contribution is 2.53. The van der Waals surface area contributed by atoms with Crippen LogP contribution in [0, 0.1) is 0 Å². The number of benzene rings is 1. The highest BCUT2D eigenvalue weighted by Gasteiger charge is 2.49. The largest absolute Gasteiger partial charge is 0.300 e. The Bertz CT molecular complexity index is 595. The smallest absolute Gasteiger partial charge is 0.0670 e. The molecule has 2 aliphatic heterocycles. The van der Waals surface area contributed by atoms with Gasteiger partial charge in [-0.25, -0.2) is 0 Å². The molecule has 0 bridgehead atoms. The average molecular weight is 314 g/mol. The highest BCUT2D eigenvalue weighted by atomic mass is 32.2. The van der Waals surface area contributed by atoms with Crippen molar-refractivity contribution in [2.24, 2.45) is 4.99 Å². The molecule has 1 aliphatic carbocycles. The van der Waals surface area contributed by atoms with E-state index in [-0.39, 0.29) is 5.41 Å². The maximum Gasteiger partial charge on any atom is 0.0670 e. The molecule has 2 nitrogen and oxygen atoms in total. The van der Waals surface area contributed by atoms with Gasteiger partial charge in [-0.2, -0.15) is 11.8 Å². The Labute approximate surface area is 138 Å². The SMILES string of the molecule is CCCN1CCC[C@@H]2c3cccc4c3C(CSC)(C=N4)C[C@H]21. The summed E-state index contributed by atoms with van der Waals surface area (Å²) in [5.74, 6) is 1.90. The van der Waals surface area contributed by atoms with Crippen molar-refractivity contribution in [1.82, 2.24) is 4.90 Å². The minimum absolute atomic E-state index is 0.190. The van der Waals surface area contributed by atoms with Crippen molar-refractivity contribution < 1.29 is 0 Å². The van der Waals surface area contributed by atoms with Crippen LogP contribution in [-0.2, 0) is 5.41 Å². The minimum atomic E-state index is 0.190. The Morgan fingerprint density at radius 1 is 1.41 bits per heavy atom. The van der Waals surface area contributed by atoms with Crippen molar-refractivity contribution in [3.63, 3.8) is 0 Å². The first-order chi connectivity index (χ1) is 10.8. The number of likely N-dealkylation sites (tertiary alicyclic amines) is 1. The fraction of sp³-hybridized carbons (Fsp3) is 0.632. The number of hydrogen-bond acceptors (Lipinski definition) is 3. The molecule has 22 heavy (non-hydrogen) atoms. The lowest BCUT2D eigenvalue weighted by Crippen LogP contribution is -2.52. The molecule has 0 saturated carbocycles. The third-order valence-electron chi connectivity index (χ3n) is 5.80. The normalized spacial score (nSPS) is 32.8. The lowest BCUT2D eigenvalue weighted by atomic mass is 9.64. The predicted molar refractivity (Wildman–Crippen MR) is 96.9 cm³/mol. The molecule has 0 N–H and O–H groups in total. The topological polar surface area (TPSA) is 15.6 Å². The zero-order valence-corrected chi connectivity index (χ0v) is 14.5. The molecule has 118 valence electrons. The van der Waals surface area contributed by atoms with Gasteiger partial charge < -0.3 is 0 Å². The first-order valence-corrected chi connectivity index (χ1v) is 10.1. The van der Waals surface area contributed by atoms with Gasteiger partial charge in [0.15, 0.2) is 0 Å². The van der Waals surface area contributed by atoms with Crippen molar-refractivity contribution in [2.75, 3.05) is 25.1 Å². The summed E-state index contributed by atoms with van der Waals surface area (Å²) < 4.78 is 0. The number of rotatable bonds is 4. The standard InChI is InChI=1S/C19H26N2S/c1-3-9-21-10-5-7-14-15-6-4-8-16-18(15)19(12-20-16,13-22-2)11-17(14)21/h4,6,8,12,14,17H,3,5,7,9-11,13H2,1-2H3/t14-,17-,19?/m1/s1. The Kier molecular flexibility index (Phi) is 3.82. The van der Waals surface area contributed by atoms with Crippen LogP contribution in [0.3, 0.4) is 0 Å². The van der Waals surface area contributed by atoms with Crippen molar-refractivity contribution in [3.8, 4) is 0 Å². The molecule has 1 fully saturated rings. The van der Waals surface area contributed by atoms with Crippen LogP contribution in [0.15, 0.2) is 23.2 Å². The van der Waals surface area contributed by atoms with Crippen molar-refractivity contribution in [2.45, 2.75) is 50.0 Å². The van der Waals surface area contributed by atoms with E-state index >= 15 is 0 Å². The molecule has 0 aromatic heterocycles. The number of hydrogen-bond donors (Lipinski definition) is 0. The third kappa shape index (κ3) is 2.09. The van der Waals surface area contributed by atoms with Crippen molar-refractivity contribution in [1.29, 1.82) is 0 Å². The Hall–Kier alpha value is -0.800. The van der Waals surface area contributed by atoms with E-state index in [0.717, 1.165) is 5.92 Å². The van der Waals surface area contributed by atoms with E-state index in [9.17, 15) is 0 Å². The Morgan fingerprint density at radius 3 is 3.14 bits per heavy atom. The third-order valence-corrected chi connectivity index (χ3v) is 6.61. The van der Waals surface area contributed by atoms with Gasteiger partial charge in [0, 0.05) is 23.4 Å². The molecule has 2 heterocycles. The molecule has 0 radical (unpaired) electrons. The molecule has 3 atom stereocenters. The maximum atomic E-state index is 4.82. The average Bonchev–Trinajstić information content (AvgIpc) is 2.89. The Balaban J connectivity index is 1.81. The van der Waals surface area contributed by atoms with E-state index < -0.39 is 0 Å². The van der Waals surface area contributed by atoms with E-state index in [1.54, 1.807) is 11.1 Å². The second-order valence-corrected chi connectivity index (χ2v) is 8.01. The van der Waals surface area contributed by atoms with Gasteiger partial charge >= 0.3 is 0 Å². The van der Waals surface area contributed by atoms with Gasteiger partial charge in [-0.3, -0.25) is 9.89 Å². The summed E-state index contributed by atoms with van der Waals surface area (Å²) in [5, 5.41) is 0. The molecule has 1 aromatic carbocycles. The summed E-state index contributed by atoms with van der Waals surface area (Å²) in [6.45, 7) is 4.85. The summed E-state index contributed by atoms with van der Waals surface area (Å²) >= 11 is 1.97. The van der Waals surface area contributed by atoms with E-state index in [0.29, 0.717) is 6.04 Å². The molecule has 3 heteroatoms. The zero-order chi connectivity index (χ0) is 15.2. The van der Waals surface area contributed by atoms with Gasteiger partial charge in [0.1, 0.15) is 0 Å². The molecule has 3 aliphatic rings. The molecule has 0 amide bonds. The summed E-state index contributed by atoms with van der Waals surface area (Å²) in [6, 6.07) is 7.55. The molecular weight excluding hydrogens is 288 g/mol. The van der Waals surface area contributed by atoms with E-state index in [2.05, 4.69) is 42.5 Å². The molecular formula is C19H26N2S. The second kappa shape index (κ2) is 5.68. The number of aliphatic imine (C=N–C) groups is 1. The zero-order valence-electron chi connectivity index (χ0n) is 13.7. The number of nitrogens with zero attached hydrogens (tertiary/aromatic N) is 2. The first-order valence-electron chi connectivity index (χ1n) is 8.70. The molecule has 1 unspecified atom stereocenters. The van der Waals surface area contributed by atoms with E-state index in [1.165, 1.54) is 50.2 Å². The fourth-order valence-corrected chi connectivity index (χ4v) is 5.91. The predicted octanol–water partition coefficient (Wildman–Crippen LogP) is 4.37. The summed E-state index contributed by atoms with van der Waals surface area (Å²) in [5.41, 5.74) is 4.62. The van der Waals surface area contributed by atoms with Gasteiger partial charge in [0.05, 0.1) is 5.69 Å². The van der Waals surface area contributed by atoms with Gasteiger partial charge in [-0.15, -0.1) is 0 Å². The number of piperidine rings is 1. The van der Waals surface area contributed by atoms with Gasteiger partial charge in [0.2, 0.25) is 0 Å². The van der Waals surface area contributed by atoms with E-state index in [1.807, 2.05) is 11.8 Å². The summed E-state index contributed by atoms with van der Waals surface area (Å²) in [6.07, 6.45) is 9.76. The fourth-order valence-electron chi connectivity index (χ4n) is 5.05. The van der Waals surface area contributed by atoms with Gasteiger partial charge in [-0.05, 0) is 68.1 Å². The number of fused-ring (bicyclic) bond motifs is 2. The molecule has 1 saturated heterocycles. The summed E-state index contributed by atoms with van der Waals surface area (Å²) in [4.78, 5) is 7.59. The summed E-state index contributed by atoms with van der Waals surface area (Å²) in [7, 11) is 0. The van der Waals surface area contributed by atoms with Gasteiger partial charge in [-0.1, -0.05) is 19.1 Å². The molecule has 4 rings (SSSR count). The van der Waals surface area contributed by atoms with Crippen LogP contribution >= 0.6 is 11.8 Å². The second-order valence-electron chi connectivity index (χ2n) is 7.14. The molecule has 0 spiro atoms. The quantitative estimate of drug-likeness (QED) is 0.820. The molecule has 1 aromatic rings. The highest BCUT2D eigenvalue weighted by molar-refractivity contribution is 7.98. The van der Waals surface area contributed by atoms with Crippen LogP contribution < -0.4 is 0 Å². The Morgan fingerprint density at radius 2 is 2.32 bits per heavy atom. The van der Waals surface area contributed by atoms with Crippen LogP contribution in [0.4, 0.5) is 5.69 Å². The maximum absolute atomic E-state index is 4.82. The van der Waals surface area contributed by atoms with Crippen LogP contribution in [-0.4, -0.2) is 42.3 Å². The van der Waals surface area contributed by atoms with E-state index in [4.69, 9.17) is 4.99 Å². The van der Waals surface area contributed by atoms with Crippen LogP contribution in [0.25, 0.3) is 0 Å². The van der Waals surface area contributed by atoms with Crippen molar-refractivity contribution >= 4 is 23.7 Å². The minimum Gasteiger partial charge on any atom is -0.300 e. The van der Waals surface area contributed by atoms with Crippen LogP contribution in [0.5, 0.6) is 0 Å². The van der Waals surface area contributed by atoms with Crippen molar-refractivity contribution in [3.05, 3.63) is 29.3 Å². The van der Waals surface area contributed by atoms with Crippen LogP contribution in [0.1, 0.15) is 49.7 Å². The monoisotopic (exact) mass is 314 g/mol. The first kappa shape index (κ1) is 14.8. The lowest BCUT2D eigenvalue weighted by Gasteiger charge is -2.50. The number of thioether (sulfide) groups is 1. The van der Waals surface area contributed by atoms with Gasteiger partial charge in [0.25, 0.3) is 0 Å².